The topological polar surface area (TPSA) is 47.3 Å². The van der Waals surface area contributed by atoms with Gasteiger partial charge in [-0.05, 0) is 60.0 Å². The van der Waals surface area contributed by atoms with Crippen molar-refractivity contribution < 1.29 is 18.9 Å². The van der Waals surface area contributed by atoms with E-state index >= 15 is 0 Å². The second-order valence-electron chi connectivity index (χ2n) is 9.12. The molecule has 39 heavy (non-hydrogen) atoms. The molecule has 0 unspecified atom stereocenters. The molecule has 0 N–H and O–H groups in total. The molecule has 5 aromatic rings. The zero-order valence-corrected chi connectivity index (χ0v) is 24.9. The summed E-state index contributed by atoms with van der Waals surface area (Å²) in [6.07, 6.45) is 3.99. The van der Waals surface area contributed by atoms with Gasteiger partial charge in [0.2, 0.25) is 11.5 Å². The molecule has 2 aromatic heterocycles. The third-order valence-electron chi connectivity index (χ3n) is 6.33. The molecule has 2 heterocycles. The first-order chi connectivity index (χ1) is 18.9. The highest BCUT2D eigenvalue weighted by molar-refractivity contribution is 9.10. The van der Waals surface area contributed by atoms with Gasteiger partial charge in [0.1, 0.15) is 4.21 Å². The second kappa shape index (κ2) is 12.3. The van der Waals surface area contributed by atoms with Gasteiger partial charge in [-0.15, -0.1) is 23.1 Å². The average Bonchev–Trinajstić information content (AvgIpc) is 3.30. The molecule has 0 saturated carbocycles. The number of rotatable bonds is 9. The Kier molecular flexibility index (Phi) is 8.60. The average molecular weight is 618 g/mol. The predicted molar refractivity (Wildman–Crippen MR) is 162 cm³/mol. The van der Waals surface area contributed by atoms with Crippen LogP contribution in [0.3, 0.4) is 0 Å². The van der Waals surface area contributed by atoms with E-state index in [0.717, 1.165) is 25.7 Å². The predicted octanol–water partition coefficient (Wildman–Crippen LogP) is 7.88. The molecule has 0 aliphatic carbocycles. The third-order valence-corrected chi connectivity index (χ3v) is 9.41. The Bertz CT molecular complexity index is 1640. The Balaban J connectivity index is 1.60. The number of ketones is 1. The second-order valence-corrected chi connectivity index (χ2v) is 12.3. The van der Waals surface area contributed by atoms with Gasteiger partial charge in [-0.25, -0.2) is 0 Å². The smallest absolute Gasteiger partial charge is 0.310 e. The van der Waals surface area contributed by atoms with E-state index < -0.39 is 0 Å². The number of carbonyl (C=O) groups is 2. The molecule has 0 aliphatic heterocycles. The van der Waals surface area contributed by atoms with Crippen LogP contribution in [-0.2, 0) is 21.7 Å². The zero-order valence-electron chi connectivity index (χ0n) is 21.6. The van der Waals surface area contributed by atoms with Gasteiger partial charge >= 0.3 is 5.97 Å². The summed E-state index contributed by atoms with van der Waals surface area (Å²) in [4.78, 5) is 27.1. The number of thiophene rings is 1. The number of hydrogen-bond donors (Lipinski definition) is 0. The number of hydrogen-bond acceptors (Lipinski definition) is 5. The highest BCUT2D eigenvalue weighted by atomic mass is 79.9. The lowest BCUT2D eigenvalue weighted by molar-refractivity contribution is -0.598. The van der Waals surface area contributed by atoms with Crippen molar-refractivity contribution in [2.45, 2.75) is 30.2 Å². The van der Waals surface area contributed by atoms with Crippen molar-refractivity contribution in [2.75, 3.05) is 6.61 Å². The van der Waals surface area contributed by atoms with Crippen molar-refractivity contribution in [1.29, 1.82) is 0 Å². The van der Waals surface area contributed by atoms with Crippen molar-refractivity contribution >= 4 is 61.6 Å². The molecular weight excluding hydrogens is 590 g/mol. The summed E-state index contributed by atoms with van der Waals surface area (Å²) >= 11 is 6.58. The van der Waals surface area contributed by atoms with E-state index in [1.807, 2.05) is 60.3 Å². The van der Waals surface area contributed by atoms with Crippen molar-refractivity contribution in [1.82, 2.24) is 0 Å². The number of carbonyl (C=O) groups excluding carboxylic acids is 2. The van der Waals surface area contributed by atoms with Crippen LogP contribution in [0.2, 0.25) is 0 Å². The van der Waals surface area contributed by atoms with Crippen LogP contribution in [0, 0.1) is 6.92 Å². The highest BCUT2D eigenvalue weighted by Crippen LogP contribution is 2.40. The monoisotopic (exact) mass is 616 g/mol. The number of pyridine rings is 1. The van der Waals surface area contributed by atoms with Gasteiger partial charge in [0, 0.05) is 27.9 Å². The number of nitrogens with zero attached hydrogens (tertiary/aromatic N) is 1. The molecular formula is C32H27BrNO3S2+. The number of aryl methyl sites for hydroxylation is 1. The quantitative estimate of drug-likeness (QED) is 0.0731. The maximum atomic E-state index is 13.8. The van der Waals surface area contributed by atoms with Gasteiger partial charge in [-0.2, -0.15) is 4.57 Å². The van der Waals surface area contributed by atoms with E-state index in [1.165, 1.54) is 27.7 Å². The largest absolute Gasteiger partial charge is 0.466 e. The molecule has 0 radical (unpaired) electrons. The zero-order chi connectivity index (χ0) is 27.4. The lowest BCUT2D eigenvalue weighted by atomic mass is 10.0. The standard InChI is InChI=1S/C32H27BrNO3S2/c1-3-37-28(35)19-27-29(34-16-14-21(2)15-17-34)32(39-31(27)30(36)24-10-12-26(33)13-11-24)38-20-22-8-9-23-6-4-5-7-25(23)18-22/h4-18H,3,19-20H2,1-2H3/q+1. The highest BCUT2D eigenvalue weighted by Gasteiger charge is 2.31. The van der Waals surface area contributed by atoms with E-state index in [-0.39, 0.29) is 24.8 Å². The van der Waals surface area contributed by atoms with Crippen LogP contribution < -0.4 is 4.57 Å². The van der Waals surface area contributed by atoms with Crippen LogP contribution in [0.1, 0.15) is 38.8 Å². The van der Waals surface area contributed by atoms with Gasteiger partial charge in [0.15, 0.2) is 12.4 Å². The Labute approximate surface area is 244 Å². The first-order valence-corrected chi connectivity index (χ1v) is 15.2. The van der Waals surface area contributed by atoms with E-state index in [0.29, 0.717) is 16.0 Å². The fourth-order valence-corrected chi connectivity index (χ4v) is 7.14. The van der Waals surface area contributed by atoms with Gasteiger partial charge in [0.25, 0.3) is 0 Å². The van der Waals surface area contributed by atoms with Gasteiger partial charge in [-0.3, -0.25) is 9.59 Å². The number of benzene rings is 3. The Morgan fingerprint density at radius 3 is 2.38 bits per heavy atom. The summed E-state index contributed by atoms with van der Waals surface area (Å²) in [5.74, 6) is 0.286. The summed E-state index contributed by atoms with van der Waals surface area (Å²) in [5, 5.41) is 2.40. The first-order valence-electron chi connectivity index (χ1n) is 12.6. The van der Waals surface area contributed by atoms with E-state index in [9.17, 15) is 9.59 Å². The van der Waals surface area contributed by atoms with Crippen LogP contribution in [-0.4, -0.2) is 18.4 Å². The minimum atomic E-state index is -0.347. The van der Waals surface area contributed by atoms with E-state index in [1.54, 1.807) is 30.8 Å². The molecule has 5 rings (SSSR count). The van der Waals surface area contributed by atoms with Crippen molar-refractivity contribution in [3.05, 3.63) is 123 Å². The van der Waals surface area contributed by atoms with Gasteiger partial charge < -0.3 is 4.74 Å². The Morgan fingerprint density at radius 2 is 1.67 bits per heavy atom. The van der Waals surface area contributed by atoms with E-state index in [4.69, 9.17) is 4.74 Å². The van der Waals surface area contributed by atoms with Crippen LogP contribution in [0.5, 0.6) is 0 Å². The SMILES string of the molecule is CCOC(=O)Cc1c(C(=O)c2ccc(Br)cc2)sc(SCc2ccc3ccccc3c2)c1-[n+]1ccc(C)cc1. The molecule has 0 spiro atoms. The Hall–Kier alpha value is -3.26. The molecule has 0 amide bonds. The number of thioether (sulfide) groups is 1. The van der Waals surface area contributed by atoms with Crippen molar-refractivity contribution in [3.63, 3.8) is 0 Å². The number of esters is 1. The number of ether oxygens (including phenoxy) is 1. The van der Waals surface area contributed by atoms with Crippen LogP contribution in [0.4, 0.5) is 0 Å². The van der Waals surface area contributed by atoms with E-state index in [2.05, 4.69) is 46.3 Å². The Morgan fingerprint density at radius 1 is 0.949 bits per heavy atom. The van der Waals surface area contributed by atoms with Crippen LogP contribution in [0.15, 0.2) is 99.9 Å². The minimum Gasteiger partial charge on any atom is -0.466 e. The molecule has 196 valence electrons. The summed E-state index contributed by atoms with van der Waals surface area (Å²) in [6.45, 7) is 4.12. The van der Waals surface area contributed by atoms with Crippen molar-refractivity contribution in [3.8, 4) is 5.69 Å². The van der Waals surface area contributed by atoms with Crippen LogP contribution >= 0.6 is 39.0 Å². The fourth-order valence-electron chi connectivity index (χ4n) is 4.36. The molecule has 0 fully saturated rings. The maximum Gasteiger partial charge on any atom is 0.310 e. The lowest BCUT2D eigenvalue weighted by Crippen LogP contribution is -2.31. The van der Waals surface area contributed by atoms with Crippen LogP contribution in [0.25, 0.3) is 16.5 Å². The summed E-state index contributed by atoms with van der Waals surface area (Å²) in [5.41, 5.74) is 4.46. The molecule has 0 atom stereocenters. The number of aromatic nitrogens is 1. The third kappa shape index (κ3) is 6.32. The molecule has 0 saturated heterocycles. The number of fused-ring (bicyclic) bond motifs is 1. The summed E-state index contributed by atoms with van der Waals surface area (Å²) in [7, 11) is 0. The van der Waals surface area contributed by atoms with Crippen molar-refractivity contribution in [2.24, 2.45) is 0 Å². The molecule has 0 bridgehead atoms. The molecule has 0 aliphatic rings. The summed E-state index contributed by atoms with van der Waals surface area (Å²) < 4.78 is 9.22. The van der Waals surface area contributed by atoms with Gasteiger partial charge in [0.05, 0.1) is 23.5 Å². The maximum absolute atomic E-state index is 13.8. The fraction of sp³-hybridized carbons (Fsp3) is 0.156. The van der Waals surface area contributed by atoms with Gasteiger partial charge in [-0.1, -0.05) is 58.4 Å². The normalized spacial score (nSPS) is 11.1. The molecule has 4 nitrogen and oxygen atoms in total. The molecule has 7 heteroatoms. The number of halogens is 1. The summed E-state index contributed by atoms with van der Waals surface area (Å²) in [6, 6.07) is 26.2. The molecule has 3 aromatic carbocycles. The minimum absolute atomic E-state index is 0.0225. The first kappa shape index (κ1) is 27.3. The lowest BCUT2D eigenvalue weighted by Gasteiger charge is -2.06.